The van der Waals surface area contributed by atoms with Gasteiger partial charge in [-0.25, -0.2) is 0 Å². The molecule has 0 bridgehead atoms. The molecule has 1 spiro atoms. The van der Waals surface area contributed by atoms with Crippen molar-refractivity contribution in [3.63, 3.8) is 0 Å². The van der Waals surface area contributed by atoms with Gasteiger partial charge in [-0.15, -0.1) is 10.2 Å². The van der Waals surface area contributed by atoms with Crippen LogP contribution >= 0.6 is 11.3 Å². The van der Waals surface area contributed by atoms with E-state index in [0.717, 1.165) is 51.1 Å². The number of pyridine rings is 1. The average Bonchev–Trinajstić information content (AvgIpc) is 3.07. The Kier molecular flexibility index (Phi) is 4.73. The topological polar surface area (TPSA) is 54.4 Å². The number of ether oxygens (including phenoxy) is 1. The predicted octanol–water partition coefficient (Wildman–Crippen LogP) is 2.05. The van der Waals surface area contributed by atoms with Crippen LogP contribution in [0.2, 0.25) is 0 Å². The Morgan fingerprint density at radius 1 is 1.29 bits per heavy atom. The summed E-state index contributed by atoms with van der Waals surface area (Å²) >= 11 is 1.62. The molecule has 2 aliphatic rings. The molecule has 2 aliphatic heterocycles. The van der Waals surface area contributed by atoms with Gasteiger partial charge in [-0.05, 0) is 31.0 Å². The van der Waals surface area contributed by atoms with Crippen molar-refractivity contribution in [2.24, 2.45) is 5.41 Å². The SMILES string of the molecule is c1cncc(CN2CCC[C@]3(COCCN(c4nncs4)C3)C2)c1. The molecule has 0 amide bonds. The second kappa shape index (κ2) is 7.13. The van der Waals surface area contributed by atoms with Crippen LogP contribution in [0.15, 0.2) is 30.0 Å². The molecule has 2 aromatic heterocycles. The number of aromatic nitrogens is 3. The lowest BCUT2D eigenvalue weighted by Crippen LogP contribution is -2.50. The van der Waals surface area contributed by atoms with Crippen LogP contribution in [0.1, 0.15) is 18.4 Å². The van der Waals surface area contributed by atoms with Crippen LogP contribution in [0.4, 0.5) is 5.13 Å². The van der Waals surface area contributed by atoms with E-state index in [-0.39, 0.29) is 5.41 Å². The molecule has 1 atom stereocenters. The van der Waals surface area contributed by atoms with E-state index in [4.69, 9.17) is 4.74 Å². The average molecular weight is 345 g/mol. The Balaban J connectivity index is 1.48. The molecule has 2 saturated heterocycles. The van der Waals surface area contributed by atoms with Crippen molar-refractivity contribution in [2.75, 3.05) is 44.3 Å². The zero-order valence-corrected chi connectivity index (χ0v) is 14.6. The Morgan fingerprint density at radius 2 is 2.29 bits per heavy atom. The summed E-state index contributed by atoms with van der Waals surface area (Å²) in [7, 11) is 0. The van der Waals surface area contributed by atoms with E-state index in [2.05, 4.69) is 31.0 Å². The maximum atomic E-state index is 5.99. The summed E-state index contributed by atoms with van der Waals surface area (Å²) in [6, 6.07) is 4.17. The first-order chi connectivity index (χ1) is 11.8. The smallest absolute Gasteiger partial charge is 0.208 e. The first-order valence-electron chi connectivity index (χ1n) is 8.53. The number of anilines is 1. The van der Waals surface area contributed by atoms with E-state index >= 15 is 0 Å². The minimum Gasteiger partial charge on any atom is -0.379 e. The lowest BCUT2D eigenvalue weighted by molar-refractivity contribution is 0.0106. The summed E-state index contributed by atoms with van der Waals surface area (Å²) < 4.78 is 5.99. The lowest BCUT2D eigenvalue weighted by Gasteiger charge is -2.43. The first-order valence-corrected chi connectivity index (χ1v) is 9.41. The highest BCUT2D eigenvalue weighted by Gasteiger charge is 2.39. The van der Waals surface area contributed by atoms with Crippen molar-refractivity contribution >= 4 is 16.5 Å². The molecule has 2 aromatic rings. The summed E-state index contributed by atoms with van der Waals surface area (Å²) in [4.78, 5) is 9.15. The fourth-order valence-corrected chi connectivity index (χ4v) is 4.49. The third-order valence-electron chi connectivity index (χ3n) is 4.93. The summed E-state index contributed by atoms with van der Waals surface area (Å²) in [5.41, 5.74) is 3.27. The summed E-state index contributed by atoms with van der Waals surface area (Å²) in [6.07, 6.45) is 6.23. The molecule has 24 heavy (non-hydrogen) atoms. The minimum atomic E-state index is 0.183. The van der Waals surface area contributed by atoms with Crippen molar-refractivity contribution in [3.8, 4) is 0 Å². The van der Waals surface area contributed by atoms with Gasteiger partial charge in [-0.3, -0.25) is 9.88 Å². The Labute approximate surface area is 146 Å². The molecule has 0 radical (unpaired) electrons. The summed E-state index contributed by atoms with van der Waals surface area (Å²) in [6.45, 7) is 6.70. The third kappa shape index (κ3) is 3.58. The van der Waals surface area contributed by atoms with E-state index < -0.39 is 0 Å². The van der Waals surface area contributed by atoms with Crippen LogP contribution in [0.5, 0.6) is 0 Å². The highest BCUT2D eigenvalue weighted by molar-refractivity contribution is 7.13. The Hall–Kier alpha value is -1.57. The number of rotatable bonds is 3. The lowest BCUT2D eigenvalue weighted by atomic mass is 9.80. The van der Waals surface area contributed by atoms with Gasteiger partial charge in [0.05, 0.1) is 13.2 Å². The number of hydrogen-bond acceptors (Lipinski definition) is 7. The molecule has 6 nitrogen and oxygen atoms in total. The maximum Gasteiger partial charge on any atom is 0.208 e. The summed E-state index contributed by atoms with van der Waals surface area (Å²) in [5.74, 6) is 0. The second-order valence-electron chi connectivity index (χ2n) is 6.87. The number of piperidine rings is 1. The van der Waals surface area contributed by atoms with Crippen LogP contribution in [-0.4, -0.2) is 59.5 Å². The molecule has 4 heterocycles. The number of likely N-dealkylation sites (tertiary alicyclic amines) is 1. The van der Waals surface area contributed by atoms with Crippen molar-refractivity contribution < 1.29 is 4.74 Å². The third-order valence-corrected chi connectivity index (χ3v) is 5.68. The molecule has 0 N–H and O–H groups in total. The maximum absolute atomic E-state index is 5.99. The van der Waals surface area contributed by atoms with Gasteiger partial charge in [0, 0.05) is 44.0 Å². The van der Waals surface area contributed by atoms with Gasteiger partial charge in [0.15, 0.2) is 0 Å². The molecule has 128 valence electrons. The summed E-state index contributed by atoms with van der Waals surface area (Å²) in [5, 5.41) is 9.28. The van der Waals surface area contributed by atoms with Crippen LogP contribution < -0.4 is 4.90 Å². The molecule has 4 rings (SSSR count). The first kappa shape index (κ1) is 15.9. The molecule has 0 saturated carbocycles. The van der Waals surface area contributed by atoms with Crippen LogP contribution in [0.25, 0.3) is 0 Å². The van der Waals surface area contributed by atoms with Gasteiger partial charge in [-0.1, -0.05) is 17.4 Å². The van der Waals surface area contributed by atoms with E-state index in [1.165, 1.54) is 18.4 Å². The van der Waals surface area contributed by atoms with Crippen molar-refractivity contribution in [2.45, 2.75) is 19.4 Å². The molecule has 0 aromatic carbocycles. The van der Waals surface area contributed by atoms with Crippen molar-refractivity contribution in [1.29, 1.82) is 0 Å². The van der Waals surface area contributed by atoms with Gasteiger partial charge < -0.3 is 9.64 Å². The highest BCUT2D eigenvalue weighted by Crippen LogP contribution is 2.35. The van der Waals surface area contributed by atoms with Crippen LogP contribution in [0, 0.1) is 5.41 Å². The van der Waals surface area contributed by atoms with Crippen LogP contribution in [0.3, 0.4) is 0 Å². The fraction of sp³-hybridized carbons (Fsp3) is 0.588. The van der Waals surface area contributed by atoms with E-state index in [9.17, 15) is 0 Å². The second-order valence-corrected chi connectivity index (χ2v) is 7.68. The normalized spacial score (nSPS) is 25.8. The quantitative estimate of drug-likeness (QED) is 0.849. The minimum absolute atomic E-state index is 0.183. The Morgan fingerprint density at radius 3 is 3.12 bits per heavy atom. The van der Waals surface area contributed by atoms with Gasteiger partial charge in [0.25, 0.3) is 0 Å². The zero-order chi connectivity index (χ0) is 16.2. The van der Waals surface area contributed by atoms with Gasteiger partial charge in [0.1, 0.15) is 5.51 Å². The van der Waals surface area contributed by atoms with Crippen molar-refractivity contribution in [3.05, 3.63) is 35.6 Å². The molecule has 7 heteroatoms. The largest absolute Gasteiger partial charge is 0.379 e. The molecule has 0 unspecified atom stereocenters. The number of hydrogen-bond donors (Lipinski definition) is 0. The predicted molar refractivity (Wildman–Crippen MR) is 94.1 cm³/mol. The molecular formula is C17H23N5OS. The molecule has 0 aliphatic carbocycles. The van der Waals surface area contributed by atoms with E-state index in [1.54, 1.807) is 11.3 Å². The van der Waals surface area contributed by atoms with E-state index in [1.807, 2.05) is 24.0 Å². The van der Waals surface area contributed by atoms with Gasteiger partial charge in [0.2, 0.25) is 5.13 Å². The highest BCUT2D eigenvalue weighted by atomic mass is 32.1. The zero-order valence-electron chi connectivity index (χ0n) is 13.8. The fourth-order valence-electron chi connectivity index (χ4n) is 3.90. The molecular weight excluding hydrogens is 322 g/mol. The van der Waals surface area contributed by atoms with Gasteiger partial charge in [-0.2, -0.15) is 0 Å². The van der Waals surface area contributed by atoms with Crippen LogP contribution in [-0.2, 0) is 11.3 Å². The monoisotopic (exact) mass is 345 g/mol. The Bertz CT molecular complexity index is 638. The van der Waals surface area contributed by atoms with Gasteiger partial charge >= 0.3 is 0 Å². The standard InChI is InChI=1S/C17H23N5OS/c1-3-15(9-18-5-1)10-21-6-2-4-17(11-21)12-22(7-8-23-13-17)16-20-19-14-24-16/h1,3,5,9,14H,2,4,6-8,10-13H2/t17-/m0/s1. The molecule has 2 fully saturated rings. The number of nitrogens with zero attached hydrogens (tertiary/aromatic N) is 5. The van der Waals surface area contributed by atoms with E-state index in [0.29, 0.717) is 0 Å². The van der Waals surface area contributed by atoms with Crippen molar-refractivity contribution in [1.82, 2.24) is 20.1 Å².